The Morgan fingerprint density at radius 2 is 1.62 bits per heavy atom. The molecule has 0 aromatic heterocycles. The number of nitrogens with zero attached hydrogens (tertiary/aromatic N) is 1. The number of piperazine rings is 1. The Morgan fingerprint density at radius 1 is 1.00 bits per heavy atom. The zero-order valence-corrected chi connectivity index (χ0v) is 13.1. The molecule has 5 heteroatoms. The van der Waals surface area contributed by atoms with Crippen molar-refractivity contribution in [3.63, 3.8) is 0 Å². The van der Waals surface area contributed by atoms with Crippen molar-refractivity contribution in [1.29, 1.82) is 0 Å². The van der Waals surface area contributed by atoms with Crippen LogP contribution in [0.25, 0.3) is 10.8 Å². The highest BCUT2D eigenvalue weighted by atomic mass is 32.2. The third-order valence-electron chi connectivity index (χ3n) is 3.89. The molecular formula is C16H20N2O2S. The van der Waals surface area contributed by atoms with Crippen LogP contribution in [0, 0.1) is 0 Å². The Balaban J connectivity index is 2.08. The molecule has 0 amide bonds. The van der Waals surface area contributed by atoms with Gasteiger partial charge < -0.3 is 5.32 Å². The van der Waals surface area contributed by atoms with Crippen molar-refractivity contribution in [1.82, 2.24) is 9.62 Å². The van der Waals surface area contributed by atoms with Crippen molar-refractivity contribution in [2.24, 2.45) is 0 Å². The lowest BCUT2D eigenvalue weighted by molar-refractivity contribution is 0.263. The van der Waals surface area contributed by atoms with Gasteiger partial charge in [-0.15, -0.1) is 0 Å². The van der Waals surface area contributed by atoms with Crippen LogP contribution < -0.4 is 5.32 Å². The average Bonchev–Trinajstić information content (AvgIpc) is 2.45. The quantitative estimate of drug-likeness (QED) is 0.925. The Bertz CT molecular complexity index is 742. The van der Waals surface area contributed by atoms with Crippen LogP contribution in [0.3, 0.4) is 0 Å². The van der Waals surface area contributed by atoms with Crippen molar-refractivity contribution in [3.8, 4) is 0 Å². The second kappa shape index (κ2) is 5.40. The lowest BCUT2D eigenvalue weighted by atomic mass is 10.1. The molecule has 3 rings (SSSR count). The molecule has 1 heterocycles. The Hall–Kier alpha value is -1.43. The van der Waals surface area contributed by atoms with E-state index in [0.29, 0.717) is 18.0 Å². The van der Waals surface area contributed by atoms with E-state index in [2.05, 4.69) is 5.32 Å². The molecule has 0 spiro atoms. The summed E-state index contributed by atoms with van der Waals surface area (Å²) >= 11 is 0. The van der Waals surface area contributed by atoms with E-state index in [1.165, 1.54) is 0 Å². The molecule has 4 nitrogen and oxygen atoms in total. The number of hydrogen-bond acceptors (Lipinski definition) is 3. The second-order valence-corrected chi connectivity index (χ2v) is 7.67. The van der Waals surface area contributed by atoms with E-state index in [1.54, 1.807) is 10.4 Å². The first-order valence-electron chi connectivity index (χ1n) is 7.22. The lowest BCUT2D eigenvalue weighted by Crippen LogP contribution is -2.55. The van der Waals surface area contributed by atoms with Gasteiger partial charge in [-0.25, -0.2) is 8.42 Å². The molecule has 112 valence electrons. The smallest absolute Gasteiger partial charge is 0.243 e. The van der Waals surface area contributed by atoms with Gasteiger partial charge in [0.05, 0.1) is 4.90 Å². The van der Waals surface area contributed by atoms with Gasteiger partial charge in [-0.05, 0) is 25.3 Å². The minimum Gasteiger partial charge on any atom is -0.309 e. The molecule has 0 aliphatic carbocycles. The predicted octanol–water partition coefficient (Wildman–Crippen LogP) is 2.21. The van der Waals surface area contributed by atoms with E-state index >= 15 is 0 Å². The minimum atomic E-state index is -3.46. The number of rotatable bonds is 2. The standard InChI is InChI=1S/C16H20N2O2S/c1-12-10-18(11-13(2)17-12)21(19,20)16-9-5-7-14-6-3-4-8-15(14)16/h3-9,12-13,17H,10-11H2,1-2H3/t12-,13?/m1/s1. The van der Waals surface area contributed by atoms with E-state index in [9.17, 15) is 8.42 Å². The third kappa shape index (κ3) is 2.69. The van der Waals surface area contributed by atoms with Crippen LogP contribution in [0.5, 0.6) is 0 Å². The number of fused-ring (bicyclic) bond motifs is 1. The fourth-order valence-electron chi connectivity index (χ4n) is 3.03. The monoisotopic (exact) mass is 304 g/mol. The van der Waals surface area contributed by atoms with Crippen LogP contribution in [0.1, 0.15) is 13.8 Å². The summed E-state index contributed by atoms with van der Waals surface area (Å²) in [7, 11) is -3.46. The van der Waals surface area contributed by atoms with E-state index in [4.69, 9.17) is 0 Å². The molecule has 0 radical (unpaired) electrons. The zero-order chi connectivity index (χ0) is 15.0. The highest BCUT2D eigenvalue weighted by Crippen LogP contribution is 2.26. The zero-order valence-electron chi connectivity index (χ0n) is 12.3. The third-order valence-corrected chi connectivity index (χ3v) is 5.78. The number of benzene rings is 2. The number of sulfonamides is 1. The van der Waals surface area contributed by atoms with Gasteiger partial charge in [0.1, 0.15) is 0 Å². The molecule has 2 atom stereocenters. The van der Waals surface area contributed by atoms with Gasteiger partial charge in [0.2, 0.25) is 10.0 Å². The van der Waals surface area contributed by atoms with Crippen LogP contribution in [0.2, 0.25) is 0 Å². The van der Waals surface area contributed by atoms with Gasteiger partial charge in [-0.1, -0.05) is 36.4 Å². The van der Waals surface area contributed by atoms with Crippen molar-refractivity contribution in [2.45, 2.75) is 30.8 Å². The van der Waals surface area contributed by atoms with Crippen LogP contribution in [-0.2, 0) is 10.0 Å². The summed E-state index contributed by atoms with van der Waals surface area (Å²) < 4.78 is 27.6. The first kappa shape index (κ1) is 14.5. The molecular weight excluding hydrogens is 284 g/mol. The molecule has 2 aromatic carbocycles. The first-order chi connectivity index (χ1) is 9.98. The summed E-state index contributed by atoms with van der Waals surface area (Å²) in [6.07, 6.45) is 0. The molecule has 1 saturated heterocycles. The maximum absolute atomic E-state index is 13.0. The van der Waals surface area contributed by atoms with Gasteiger partial charge in [0.15, 0.2) is 0 Å². The van der Waals surface area contributed by atoms with Gasteiger partial charge in [-0.3, -0.25) is 0 Å². The highest BCUT2D eigenvalue weighted by Gasteiger charge is 2.32. The molecule has 1 aliphatic heterocycles. The molecule has 1 fully saturated rings. The SMILES string of the molecule is CC1CN(S(=O)(=O)c2cccc3ccccc23)C[C@@H](C)N1. The summed E-state index contributed by atoms with van der Waals surface area (Å²) in [5.41, 5.74) is 0. The molecule has 0 saturated carbocycles. The minimum absolute atomic E-state index is 0.165. The van der Waals surface area contributed by atoms with Crippen molar-refractivity contribution < 1.29 is 8.42 Å². The molecule has 1 aliphatic rings. The topological polar surface area (TPSA) is 49.4 Å². The van der Waals surface area contributed by atoms with Crippen molar-refractivity contribution in [3.05, 3.63) is 42.5 Å². The van der Waals surface area contributed by atoms with Gasteiger partial charge in [-0.2, -0.15) is 4.31 Å². The van der Waals surface area contributed by atoms with Crippen LogP contribution >= 0.6 is 0 Å². The van der Waals surface area contributed by atoms with Gasteiger partial charge in [0, 0.05) is 30.6 Å². The van der Waals surface area contributed by atoms with Crippen molar-refractivity contribution >= 4 is 20.8 Å². The highest BCUT2D eigenvalue weighted by molar-refractivity contribution is 7.89. The Kier molecular flexibility index (Phi) is 3.73. The van der Waals surface area contributed by atoms with Crippen LogP contribution in [0.4, 0.5) is 0 Å². The maximum Gasteiger partial charge on any atom is 0.243 e. The van der Waals surface area contributed by atoms with Crippen molar-refractivity contribution in [2.75, 3.05) is 13.1 Å². The summed E-state index contributed by atoms with van der Waals surface area (Å²) in [5.74, 6) is 0. The van der Waals surface area contributed by atoms with Crippen LogP contribution in [-0.4, -0.2) is 37.9 Å². The first-order valence-corrected chi connectivity index (χ1v) is 8.66. The van der Waals surface area contributed by atoms with Gasteiger partial charge in [0.25, 0.3) is 0 Å². The molecule has 1 unspecified atom stereocenters. The average molecular weight is 304 g/mol. The Morgan fingerprint density at radius 3 is 2.33 bits per heavy atom. The lowest BCUT2D eigenvalue weighted by Gasteiger charge is -2.35. The summed E-state index contributed by atoms with van der Waals surface area (Å²) in [6, 6.07) is 13.4. The normalized spacial score (nSPS) is 24.3. The summed E-state index contributed by atoms with van der Waals surface area (Å²) in [4.78, 5) is 0.405. The van der Waals surface area contributed by atoms with E-state index < -0.39 is 10.0 Å². The van der Waals surface area contributed by atoms with E-state index in [0.717, 1.165) is 10.8 Å². The van der Waals surface area contributed by atoms with E-state index in [1.807, 2.05) is 50.2 Å². The predicted molar refractivity (Wildman–Crippen MR) is 84.8 cm³/mol. The fourth-order valence-corrected chi connectivity index (χ4v) is 4.86. The molecule has 21 heavy (non-hydrogen) atoms. The fraction of sp³-hybridized carbons (Fsp3) is 0.375. The summed E-state index contributed by atoms with van der Waals surface area (Å²) in [6.45, 7) is 5.05. The molecule has 1 N–H and O–H groups in total. The summed E-state index contributed by atoms with van der Waals surface area (Å²) in [5, 5.41) is 5.11. The number of hydrogen-bond donors (Lipinski definition) is 1. The van der Waals surface area contributed by atoms with Gasteiger partial charge >= 0.3 is 0 Å². The number of nitrogens with one attached hydrogen (secondary N) is 1. The molecule has 0 bridgehead atoms. The second-order valence-electron chi connectivity index (χ2n) is 5.77. The maximum atomic E-state index is 13.0. The van der Waals surface area contributed by atoms with Crippen LogP contribution in [0.15, 0.2) is 47.4 Å². The van der Waals surface area contributed by atoms with E-state index in [-0.39, 0.29) is 12.1 Å². The Labute approximate surface area is 125 Å². The molecule has 2 aromatic rings. The largest absolute Gasteiger partial charge is 0.309 e.